The summed E-state index contributed by atoms with van der Waals surface area (Å²) in [5, 5.41) is 4.97. The third-order valence-electron chi connectivity index (χ3n) is 3.02. The van der Waals surface area contributed by atoms with Gasteiger partial charge < -0.3 is 5.32 Å². The highest BCUT2D eigenvalue weighted by atomic mass is 32.1. The molecule has 1 unspecified atom stereocenters. The third kappa shape index (κ3) is 3.20. The molecule has 2 aromatic rings. The number of rotatable bonds is 4. The van der Waals surface area contributed by atoms with Gasteiger partial charge in [-0.15, -0.1) is 11.3 Å². The van der Waals surface area contributed by atoms with Crippen LogP contribution in [-0.2, 0) is 0 Å². The fraction of sp³-hybridized carbons (Fsp3) is 0.267. The minimum absolute atomic E-state index is 0.0119. The Balaban J connectivity index is 2.13. The largest absolute Gasteiger partial charge is 0.344 e. The van der Waals surface area contributed by atoms with E-state index in [1.54, 1.807) is 24.3 Å². The maximum Gasteiger partial charge on any atom is 0.251 e. The molecule has 1 atom stereocenters. The molecular weight excluding hydrogens is 261 g/mol. The standard InChI is InChI=1S/C15H16FNOS/c1-3-13(14-5-4-8-19-14)17-15(18)11-6-7-12(16)10(2)9-11/h4-9,13H,3H2,1-2H3,(H,17,18). The first-order chi connectivity index (χ1) is 9.11. The maximum absolute atomic E-state index is 13.2. The summed E-state index contributed by atoms with van der Waals surface area (Å²) < 4.78 is 13.2. The lowest BCUT2D eigenvalue weighted by Crippen LogP contribution is -2.27. The summed E-state index contributed by atoms with van der Waals surface area (Å²) in [6, 6.07) is 8.41. The van der Waals surface area contributed by atoms with Crippen LogP contribution in [0.15, 0.2) is 35.7 Å². The fourth-order valence-corrected chi connectivity index (χ4v) is 2.75. The Morgan fingerprint density at radius 1 is 1.42 bits per heavy atom. The molecule has 4 heteroatoms. The number of hydrogen-bond acceptors (Lipinski definition) is 2. The Bertz CT molecular complexity index is 566. The molecule has 1 N–H and O–H groups in total. The van der Waals surface area contributed by atoms with Gasteiger partial charge in [0.15, 0.2) is 0 Å². The molecule has 19 heavy (non-hydrogen) atoms. The molecule has 0 aliphatic carbocycles. The van der Waals surface area contributed by atoms with Gasteiger partial charge in [-0.2, -0.15) is 0 Å². The zero-order chi connectivity index (χ0) is 13.8. The minimum Gasteiger partial charge on any atom is -0.344 e. The molecule has 0 aliphatic rings. The summed E-state index contributed by atoms with van der Waals surface area (Å²) in [6.45, 7) is 3.68. The van der Waals surface area contributed by atoms with E-state index < -0.39 is 0 Å². The van der Waals surface area contributed by atoms with Gasteiger partial charge in [0.05, 0.1) is 6.04 Å². The van der Waals surface area contributed by atoms with Crippen LogP contribution in [0.1, 0.15) is 40.2 Å². The number of thiophene rings is 1. The average molecular weight is 277 g/mol. The van der Waals surface area contributed by atoms with E-state index in [1.165, 1.54) is 12.1 Å². The van der Waals surface area contributed by atoms with Crippen molar-refractivity contribution in [2.24, 2.45) is 0 Å². The van der Waals surface area contributed by atoms with Crippen molar-refractivity contribution in [3.63, 3.8) is 0 Å². The van der Waals surface area contributed by atoms with Gasteiger partial charge in [-0.3, -0.25) is 4.79 Å². The maximum atomic E-state index is 13.2. The molecule has 1 aromatic heterocycles. The van der Waals surface area contributed by atoms with Gasteiger partial charge in [-0.1, -0.05) is 13.0 Å². The second-order valence-corrected chi connectivity index (χ2v) is 5.39. The number of benzene rings is 1. The van der Waals surface area contributed by atoms with Gasteiger partial charge in [0.1, 0.15) is 5.82 Å². The lowest BCUT2D eigenvalue weighted by atomic mass is 10.1. The molecule has 1 heterocycles. The highest BCUT2D eigenvalue weighted by Crippen LogP contribution is 2.22. The van der Waals surface area contributed by atoms with Crippen molar-refractivity contribution < 1.29 is 9.18 Å². The zero-order valence-corrected chi connectivity index (χ0v) is 11.8. The van der Waals surface area contributed by atoms with Crippen LogP contribution in [0.5, 0.6) is 0 Å². The smallest absolute Gasteiger partial charge is 0.251 e. The molecule has 0 aliphatic heterocycles. The van der Waals surface area contributed by atoms with Crippen LogP contribution >= 0.6 is 11.3 Å². The van der Waals surface area contributed by atoms with Crippen molar-refractivity contribution in [3.8, 4) is 0 Å². The van der Waals surface area contributed by atoms with Crippen LogP contribution < -0.4 is 5.32 Å². The molecule has 2 nitrogen and oxygen atoms in total. The fourth-order valence-electron chi connectivity index (χ4n) is 1.89. The predicted molar refractivity (Wildman–Crippen MR) is 76.0 cm³/mol. The number of carbonyl (C=O) groups is 1. The SMILES string of the molecule is CCC(NC(=O)c1ccc(F)c(C)c1)c1cccs1. The van der Waals surface area contributed by atoms with Crippen LogP contribution in [0, 0.1) is 12.7 Å². The highest BCUT2D eigenvalue weighted by molar-refractivity contribution is 7.10. The highest BCUT2D eigenvalue weighted by Gasteiger charge is 2.15. The molecule has 0 fully saturated rings. The van der Waals surface area contributed by atoms with E-state index in [0.717, 1.165) is 11.3 Å². The van der Waals surface area contributed by atoms with E-state index in [9.17, 15) is 9.18 Å². The number of nitrogens with one attached hydrogen (secondary N) is 1. The molecule has 0 saturated heterocycles. The van der Waals surface area contributed by atoms with E-state index in [0.29, 0.717) is 11.1 Å². The van der Waals surface area contributed by atoms with E-state index in [4.69, 9.17) is 0 Å². The Kier molecular flexibility index (Phi) is 4.32. The van der Waals surface area contributed by atoms with Crippen LogP contribution in [0.25, 0.3) is 0 Å². The Morgan fingerprint density at radius 2 is 2.21 bits per heavy atom. The first-order valence-corrected chi connectivity index (χ1v) is 7.10. The zero-order valence-electron chi connectivity index (χ0n) is 10.9. The van der Waals surface area contributed by atoms with Crippen LogP contribution in [0.2, 0.25) is 0 Å². The van der Waals surface area contributed by atoms with E-state index in [2.05, 4.69) is 5.32 Å². The van der Waals surface area contributed by atoms with Crippen molar-refractivity contribution >= 4 is 17.2 Å². The second kappa shape index (κ2) is 5.97. The van der Waals surface area contributed by atoms with Gasteiger partial charge in [-0.25, -0.2) is 4.39 Å². The monoisotopic (exact) mass is 277 g/mol. The Morgan fingerprint density at radius 3 is 2.79 bits per heavy atom. The summed E-state index contributed by atoms with van der Waals surface area (Å²) in [6.07, 6.45) is 0.826. The lowest BCUT2D eigenvalue weighted by molar-refractivity contribution is 0.0936. The van der Waals surface area contributed by atoms with Crippen molar-refractivity contribution in [2.45, 2.75) is 26.3 Å². The predicted octanol–water partition coefficient (Wildman–Crippen LogP) is 4.08. The lowest BCUT2D eigenvalue weighted by Gasteiger charge is -2.15. The molecule has 0 radical (unpaired) electrons. The van der Waals surface area contributed by atoms with Gasteiger partial charge in [0, 0.05) is 10.4 Å². The molecule has 0 bridgehead atoms. The third-order valence-corrected chi connectivity index (χ3v) is 4.01. The normalized spacial score (nSPS) is 12.2. The van der Waals surface area contributed by atoms with Crippen LogP contribution in [-0.4, -0.2) is 5.91 Å². The molecular formula is C15H16FNOS. The minimum atomic E-state index is -0.290. The Labute approximate surface area is 116 Å². The van der Waals surface area contributed by atoms with Crippen molar-refractivity contribution in [3.05, 3.63) is 57.5 Å². The second-order valence-electron chi connectivity index (χ2n) is 4.41. The quantitative estimate of drug-likeness (QED) is 0.896. The van der Waals surface area contributed by atoms with Crippen molar-refractivity contribution in [2.75, 3.05) is 0 Å². The summed E-state index contributed by atoms with van der Waals surface area (Å²) in [5.41, 5.74) is 0.978. The first-order valence-electron chi connectivity index (χ1n) is 6.22. The Hall–Kier alpha value is -1.68. The van der Waals surface area contributed by atoms with E-state index >= 15 is 0 Å². The van der Waals surface area contributed by atoms with E-state index in [1.807, 2.05) is 24.4 Å². The number of amides is 1. The van der Waals surface area contributed by atoms with Gasteiger partial charge in [0.2, 0.25) is 0 Å². The first kappa shape index (κ1) is 13.7. The molecule has 1 aromatic carbocycles. The molecule has 0 saturated carbocycles. The van der Waals surface area contributed by atoms with Crippen molar-refractivity contribution in [1.29, 1.82) is 0 Å². The summed E-state index contributed by atoms with van der Waals surface area (Å²) in [5.74, 6) is -0.454. The number of carbonyl (C=O) groups excluding carboxylic acids is 1. The van der Waals surface area contributed by atoms with Crippen LogP contribution in [0.3, 0.4) is 0 Å². The summed E-state index contributed by atoms with van der Waals surface area (Å²) in [7, 11) is 0. The average Bonchev–Trinajstić information content (AvgIpc) is 2.92. The van der Waals surface area contributed by atoms with E-state index in [-0.39, 0.29) is 17.8 Å². The molecule has 2 rings (SSSR count). The molecule has 1 amide bonds. The van der Waals surface area contributed by atoms with Crippen LogP contribution in [0.4, 0.5) is 4.39 Å². The van der Waals surface area contributed by atoms with Gasteiger partial charge in [-0.05, 0) is 48.6 Å². The van der Waals surface area contributed by atoms with Gasteiger partial charge in [0.25, 0.3) is 5.91 Å². The summed E-state index contributed by atoms with van der Waals surface area (Å²) >= 11 is 1.62. The number of aryl methyl sites for hydroxylation is 1. The van der Waals surface area contributed by atoms with Crippen molar-refractivity contribution in [1.82, 2.24) is 5.32 Å². The molecule has 0 spiro atoms. The topological polar surface area (TPSA) is 29.1 Å². The van der Waals surface area contributed by atoms with Gasteiger partial charge >= 0.3 is 0 Å². The number of hydrogen-bond donors (Lipinski definition) is 1. The number of halogens is 1. The molecule has 100 valence electrons. The summed E-state index contributed by atoms with van der Waals surface area (Å²) in [4.78, 5) is 13.3.